The minimum absolute atomic E-state index is 0. The number of pyridine rings is 2. The number of nitrogens with two attached hydrogens (primary N) is 1. The van der Waals surface area contributed by atoms with Crippen molar-refractivity contribution >= 4 is 24.2 Å². The van der Waals surface area contributed by atoms with Crippen LogP contribution in [-0.2, 0) is 14.3 Å². The number of hydrogen-bond donors (Lipinski definition) is 3. The lowest BCUT2D eigenvalue weighted by Gasteiger charge is -2.05. The molecule has 3 aromatic heterocycles. The maximum absolute atomic E-state index is 10.0. The topological polar surface area (TPSA) is 179 Å². The maximum atomic E-state index is 10.0. The molecule has 264 valence electrons. The van der Waals surface area contributed by atoms with E-state index >= 15 is 0 Å². The smallest absolute Gasteiger partial charge is 0.332 e. The molecule has 12 nitrogen and oxygen atoms in total. The average molecular weight is 711 g/mol. The fourth-order valence-electron chi connectivity index (χ4n) is 4.01. The predicted molar refractivity (Wildman–Crippen MR) is 195 cm³/mol. The quantitative estimate of drug-likeness (QED) is 0.0555. The third kappa shape index (κ3) is 13.8. The summed E-state index contributed by atoms with van der Waals surface area (Å²) in [7, 11) is 3.02. The van der Waals surface area contributed by atoms with Crippen LogP contribution in [0.1, 0.15) is 66.5 Å². The number of carbonyl (C=O) groups is 1. The van der Waals surface area contributed by atoms with E-state index in [0.29, 0.717) is 23.7 Å². The number of amidine groups is 1. The Morgan fingerprint density at radius 3 is 1.63 bits per heavy atom. The zero-order chi connectivity index (χ0) is 36.1. The monoisotopic (exact) mass is 710 g/mol. The third-order valence-electron chi connectivity index (χ3n) is 6.80. The summed E-state index contributed by atoms with van der Waals surface area (Å²) in [4.78, 5) is 22.3. The number of methoxy groups -OCH3 is 2. The van der Waals surface area contributed by atoms with Crippen LogP contribution in [0.2, 0.25) is 0 Å². The van der Waals surface area contributed by atoms with E-state index in [0.717, 1.165) is 34.2 Å². The molecule has 0 saturated heterocycles. The molecular weight excluding hydrogens is 672 g/mol. The summed E-state index contributed by atoms with van der Waals surface area (Å²) in [6, 6.07) is 22.3. The number of hydrogen-bond acceptors (Lipinski definition) is 10. The van der Waals surface area contributed by atoms with Crippen LogP contribution in [0.25, 0.3) is 11.4 Å². The molecule has 2 unspecified atom stereocenters. The summed E-state index contributed by atoms with van der Waals surface area (Å²) in [6.45, 7) is 3.77. The van der Waals surface area contributed by atoms with Crippen molar-refractivity contribution in [3.8, 4) is 35.1 Å². The Morgan fingerprint density at radius 2 is 1.25 bits per heavy atom. The summed E-state index contributed by atoms with van der Waals surface area (Å²) >= 11 is 0. The molecule has 2 atom stereocenters. The lowest BCUT2D eigenvalue weighted by atomic mass is 10.1. The van der Waals surface area contributed by atoms with Gasteiger partial charge >= 0.3 is 5.97 Å². The van der Waals surface area contributed by atoms with E-state index < -0.39 is 12.1 Å². The Bertz CT molecular complexity index is 1910. The normalized spacial score (nSPS) is 11.3. The largest absolute Gasteiger partial charge is 0.479 e. The van der Waals surface area contributed by atoms with Gasteiger partial charge in [-0.2, -0.15) is 4.98 Å². The van der Waals surface area contributed by atoms with Gasteiger partial charge in [-0.25, -0.2) is 4.79 Å². The molecule has 2 aromatic carbocycles. The van der Waals surface area contributed by atoms with Crippen molar-refractivity contribution in [2.75, 3.05) is 14.2 Å². The molecule has 3 heterocycles. The van der Waals surface area contributed by atoms with E-state index in [1.165, 1.54) is 7.11 Å². The van der Waals surface area contributed by atoms with Crippen LogP contribution in [0.3, 0.4) is 0 Å². The highest BCUT2D eigenvalue weighted by molar-refractivity contribution is 5.97. The lowest BCUT2D eigenvalue weighted by molar-refractivity contribution is -0.148. The van der Waals surface area contributed by atoms with Crippen molar-refractivity contribution in [3.05, 3.63) is 131 Å². The second-order valence-corrected chi connectivity index (χ2v) is 10.2. The van der Waals surface area contributed by atoms with Crippen molar-refractivity contribution < 1.29 is 29.1 Å². The van der Waals surface area contributed by atoms with Gasteiger partial charge in [0.25, 0.3) is 5.89 Å². The molecule has 0 spiro atoms. The number of benzene rings is 2. The van der Waals surface area contributed by atoms with Crippen molar-refractivity contribution in [2.24, 2.45) is 10.9 Å². The molecule has 13 heteroatoms. The second-order valence-electron chi connectivity index (χ2n) is 10.2. The first-order chi connectivity index (χ1) is 24.3. The Morgan fingerprint density at radius 1 is 0.784 bits per heavy atom. The van der Waals surface area contributed by atoms with Gasteiger partial charge in [0, 0.05) is 72.4 Å². The summed E-state index contributed by atoms with van der Waals surface area (Å²) in [5.41, 5.74) is 10.6. The van der Waals surface area contributed by atoms with Gasteiger partial charge in [-0.05, 0) is 85.6 Å². The number of halogens is 1. The Kier molecular flexibility index (Phi) is 18.2. The van der Waals surface area contributed by atoms with Crippen molar-refractivity contribution in [1.29, 1.82) is 0 Å². The Labute approximate surface area is 303 Å². The van der Waals surface area contributed by atoms with Crippen LogP contribution in [0.5, 0.6) is 0 Å². The molecule has 0 aliphatic heterocycles. The first-order valence-corrected chi connectivity index (χ1v) is 15.5. The molecule has 0 amide bonds. The standard InChI is InChI=1S/C19H17N3O2.C14H11N3O.C5H10O3.ClH/c1-3-17(23-2)19-21-18(22-24-19)16-8-6-14(7-9-16)4-5-15-10-12-20-13-11-15;15-14(17-18)13-5-3-11(4-6-13)1-2-12-7-9-16-10-8-12;1-3-4(8-2)5(6)7;/h6-13,17H,3H2,1-2H3;3-10,18H,(H2,15,17);4H,3H2,1-2H3,(H,6,7);1H. The van der Waals surface area contributed by atoms with Gasteiger partial charge in [-0.3, -0.25) is 9.97 Å². The van der Waals surface area contributed by atoms with Crippen LogP contribution >= 0.6 is 12.4 Å². The summed E-state index contributed by atoms with van der Waals surface area (Å²) < 4.78 is 15.1. The highest BCUT2D eigenvalue weighted by atomic mass is 35.5. The molecule has 0 fully saturated rings. The van der Waals surface area contributed by atoms with E-state index in [1.807, 2.05) is 67.6 Å². The molecule has 5 aromatic rings. The predicted octanol–water partition coefficient (Wildman–Crippen LogP) is 6.12. The van der Waals surface area contributed by atoms with E-state index in [1.54, 1.807) is 51.0 Å². The zero-order valence-electron chi connectivity index (χ0n) is 28.6. The number of oxime groups is 1. The molecule has 0 bridgehead atoms. The average Bonchev–Trinajstić information content (AvgIpc) is 3.65. The number of aliphatic carboxylic acids is 1. The molecular formula is C38H39ClN6O6. The number of carboxylic acids is 1. The number of carboxylic acid groups (broad SMARTS) is 1. The number of ether oxygens (including phenoxy) is 2. The molecule has 0 aliphatic carbocycles. The van der Waals surface area contributed by atoms with Crippen LogP contribution in [0.15, 0.2) is 107 Å². The van der Waals surface area contributed by atoms with Gasteiger partial charge in [0.05, 0.1) is 0 Å². The maximum Gasteiger partial charge on any atom is 0.332 e. The van der Waals surface area contributed by atoms with Crippen LogP contribution < -0.4 is 5.73 Å². The molecule has 0 aliphatic rings. The molecule has 0 saturated carbocycles. The van der Waals surface area contributed by atoms with Gasteiger partial charge < -0.3 is 30.0 Å². The minimum atomic E-state index is -0.894. The fourth-order valence-corrected chi connectivity index (χ4v) is 4.01. The first-order valence-electron chi connectivity index (χ1n) is 15.5. The first kappa shape index (κ1) is 41.1. The fraction of sp³-hybridized carbons (Fsp3) is 0.211. The Hall–Kier alpha value is -6.05. The van der Waals surface area contributed by atoms with Gasteiger partial charge in [0.15, 0.2) is 11.9 Å². The number of aromatic nitrogens is 4. The number of rotatable bonds is 8. The number of nitrogens with zero attached hydrogens (tertiary/aromatic N) is 5. The van der Waals surface area contributed by atoms with Gasteiger partial charge in [0.2, 0.25) is 5.82 Å². The van der Waals surface area contributed by atoms with E-state index in [2.05, 4.69) is 53.7 Å². The van der Waals surface area contributed by atoms with Crippen molar-refractivity contribution in [1.82, 2.24) is 20.1 Å². The van der Waals surface area contributed by atoms with Gasteiger partial charge in [-0.1, -0.05) is 47.8 Å². The summed E-state index contributed by atoms with van der Waals surface area (Å²) in [5, 5.41) is 23.7. The zero-order valence-corrected chi connectivity index (χ0v) is 29.4. The summed E-state index contributed by atoms with van der Waals surface area (Å²) in [6.07, 6.45) is 7.35. The summed E-state index contributed by atoms with van der Waals surface area (Å²) in [5.74, 6) is 12.5. The molecule has 0 radical (unpaired) electrons. The SMILES string of the molecule is CCC(OC)C(=O)O.CCC(OC)c1nc(-c2ccc(C#Cc3ccncc3)cc2)no1.Cl.N/C(=N\O)c1ccc(C#Cc2ccncc2)cc1. The lowest BCUT2D eigenvalue weighted by Crippen LogP contribution is -2.20. The molecule has 4 N–H and O–H groups in total. The van der Waals surface area contributed by atoms with Crippen LogP contribution in [0, 0.1) is 23.7 Å². The van der Waals surface area contributed by atoms with E-state index in [9.17, 15) is 4.79 Å². The van der Waals surface area contributed by atoms with Gasteiger partial charge in [0.1, 0.15) is 6.10 Å². The second kappa shape index (κ2) is 22.6. The van der Waals surface area contributed by atoms with Crippen LogP contribution in [0.4, 0.5) is 0 Å². The van der Waals surface area contributed by atoms with E-state index in [4.69, 9.17) is 25.3 Å². The Balaban J connectivity index is 0.000000295. The van der Waals surface area contributed by atoms with E-state index in [-0.39, 0.29) is 24.3 Å². The minimum Gasteiger partial charge on any atom is -0.479 e. The van der Waals surface area contributed by atoms with Crippen molar-refractivity contribution in [3.63, 3.8) is 0 Å². The molecule has 5 rings (SSSR count). The third-order valence-corrected chi connectivity index (χ3v) is 6.80. The highest BCUT2D eigenvalue weighted by Crippen LogP contribution is 2.22. The van der Waals surface area contributed by atoms with Crippen molar-refractivity contribution in [2.45, 2.75) is 38.9 Å². The molecule has 51 heavy (non-hydrogen) atoms. The van der Waals surface area contributed by atoms with Crippen LogP contribution in [-0.4, -0.2) is 62.6 Å². The highest BCUT2D eigenvalue weighted by Gasteiger charge is 2.17. The van der Waals surface area contributed by atoms with Gasteiger partial charge in [-0.15, -0.1) is 12.4 Å².